The Labute approximate surface area is 86.6 Å². The Kier molecular flexibility index (Phi) is 3.91. The number of nitriles is 1. The lowest BCUT2D eigenvalue weighted by atomic mass is 9.91. The normalized spacial score (nSPS) is 24.6. The van der Waals surface area contributed by atoms with E-state index in [1.807, 2.05) is 13.8 Å². The summed E-state index contributed by atoms with van der Waals surface area (Å²) in [6, 6.07) is 2.33. The SMILES string of the molecule is CC1CN(CCC(C)(C)C#N)CCO1. The van der Waals surface area contributed by atoms with Crippen LogP contribution in [0.3, 0.4) is 0 Å². The van der Waals surface area contributed by atoms with Crippen molar-refractivity contribution in [1.82, 2.24) is 4.90 Å². The van der Waals surface area contributed by atoms with Crippen molar-refractivity contribution in [3.05, 3.63) is 0 Å². The van der Waals surface area contributed by atoms with Gasteiger partial charge >= 0.3 is 0 Å². The summed E-state index contributed by atoms with van der Waals surface area (Å²) in [6.45, 7) is 9.94. The van der Waals surface area contributed by atoms with Gasteiger partial charge in [-0.05, 0) is 33.7 Å². The summed E-state index contributed by atoms with van der Waals surface area (Å²) in [6.07, 6.45) is 1.28. The van der Waals surface area contributed by atoms with Gasteiger partial charge in [-0.2, -0.15) is 5.26 Å². The number of hydrogen-bond acceptors (Lipinski definition) is 3. The highest BCUT2D eigenvalue weighted by Gasteiger charge is 2.21. The van der Waals surface area contributed by atoms with Crippen molar-refractivity contribution in [2.24, 2.45) is 5.41 Å². The molecular formula is C11H20N2O. The van der Waals surface area contributed by atoms with Gasteiger partial charge in [0.2, 0.25) is 0 Å². The highest BCUT2D eigenvalue weighted by molar-refractivity contribution is 4.92. The molecule has 0 amide bonds. The Morgan fingerprint density at radius 2 is 2.29 bits per heavy atom. The van der Waals surface area contributed by atoms with Crippen LogP contribution in [0.5, 0.6) is 0 Å². The largest absolute Gasteiger partial charge is 0.376 e. The number of nitrogens with zero attached hydrogens (tertiary/aromatic N) is 2. The predicted molar refractivity (Wildman–Crippen MR) is 55.9 cm³/mol. The van der Waals surface area contributed by atoms with Crippen molar-refractivity contribution in [2.75, 3.05) is 26.2 Å². The molecule has 1 aliphatic rings. The van der Waals surface area contributed by atoms with Gasteiger partial charge in [-0.1, -0.05) is 0 Å². The molecule has 0 aromatic rings. The summed E-state index contributed by atoms with van der Waals surface area (Å²) in [7, 11) is 0. The molecule has 0 aliphatic carbocycles. The first-order valence-corrected chi connectivity index (χ1v) is 5.29. The second-order valence-corrected chi connectivity index (χ2v) is 4.73. The van der Waals surface area contributed by atoms with Crippen LogP contribution < -0.4 is 0 Å². The molecule has 3 nitrogen and oxygen atoms in total. The topological polar surface area (TPSA) is 36.3 Å². The van der Waals surface area contributed by atoms with Gasteiger partial charge < -0.3 is 4.74 Å². The van der Waals surface area contributed by atoms with E-state index in [1.165, 1.54) is 0 Å². The molecule has 80 valence electrons. The first kappa shape index (κ1) is 11.5. The van der Waals surface area contributed by atoms with Gasteiger partial charge in [0.25, 0.3) is 0 Å². The van der Waals surface area contributed by atoms with E-state index in [0.29, 0.717) is 6.10 Å². The van der Waals surface area contributed by atoms with Gasteiger partial charge in [0.15, 0.2) is 0 Å². The summed E-state index contributed by atoms with van der Waals surface area (Å²) in [5, 5.41) is 8.88. The Morgan fingerprint density at radius 1 is 1.57 bits per heavy atom. The minimum Gasteiger partial charge on any atom is -0.376 e. The smallest absolute Gasteiger partial charge is 0.0684 e. The van der Waals surface area contributed by atoms with Crippen LogP contribution in [0.25, 0.3) is 0 Å². The average Bonchev–Trinajstić information content (AvgIpc) is 2.15. The molecule has 1 unspecified atom stereocenters. The third kappa shape index (κ3) is 3.65. The maximum absolute atomic E-state index is 8.88. The molecule has 0 aromatic carbocycles. The second-order valence-electron chi connectivity index (χ2n) is 4.73. The van der Waals surface area contributed by atoms with E-state index in [1.54, 1.807) is 0 Å². The lowest BCUT2D eigenvalue weighted by Crippen LogP contribution is -2.42. The summed E-state index contributed by atoms with van der Waals surface area (Å²) < 4.78 is 5.46. The van der Waals surface area contributed by atoms with E-state index in [2.05, 4.69) is 17.9 Å². The molecule has 0 aromatic heterocycles. The van der Waals surface area contributed by atoms with E-state index in [4.69, 9.17) is 10.00 Å². The summed E-state index contributed by atoms with van der Waals surface area (Å²) >= 11 is 0. The maximum atomic E-state index is 8.88. The van der Waals surface area contributed by atoms with Crippen LogP contribution >= 0.6 is 0 Å². The predicted octanol–water partition coefficient (Wildman–Crippen LogP) is 1.65. The summed E-state index contributed by atoms with van der Waals surface area (Å²) in [4.78, 5) is 2.38. The van der Waals surface area contributed by atoms with Crippen LogP contribution in [0.2, 0.25) is 0 Å². The number of morpholine rings is 1. The zero-order valence-corrected chi connectivity index (χ0v) is 9.42. The number of hydrogen-bond donors (Lipinski definition) is 0. The highest BCUT2D eigenvalue weighted by Crippen LogP contribution is 2.19. The van der Waals surface area contributed by atoms with Crippen LogP contribution in [-0.2, 0) is 4.74 Å². The van der Waals surface area contributed by atoms with Gasteiger partial charge in [-0.3, -0.25) is 4.90 Å². The molecular weight excluding hydrogens is 176 g/mol. The third-order valence-electron chi connectivity index (χ3n) is 2.68. The first-order chi connectivity index (χ1) is 6.53. The fourth-order valence-electron chi connectivity index (χ4n) is 1.59. The van der Waals surface area contributed by atoms with Crippen LogP contribution in [0, 0.1) is 16.7 Å². The standard InChI is InChI=1S/C11H20N2O/c1-10-8-13(6-7-14-10)5-4-11(2,3)9-12/h10H,4-8H2,1-3H3. The molecule has 1 aliphatic heterocycles. The van der Waals surface area contributed by atoms with E-state index in [-0.39, 0.29) is 5.41 Å². The lowest BCUT2D eigenvalue weighted by Gasteiger charge is -2.32. The zero-order chi connectivity index (χ0) is 10.6. The number of rotatable bonds is 3. The van der Waals surface area contributed by atoms with Crippen molar-refractivity contribution in [1.29, 1.82) is 5.26 Å². The van der Waals surface area contributed by atoms with E-state index in [0.717, 1.165) is 32.7 Å². The van der Waals surface area contributed by atoms with Gasteiger partial charge in [0.1, 0.15) is 0 Å². The van der Waals surface area contributed by atoms with Gasteiger partial charge in [0.05, 0.1) is 24.2 Å². The minimum absolute atomic E-state index is 0.193. The van der Waals surface area contributed by atoms with E-state index < -0.39 is 0 Å². The minimum atomic E-state index is -0.193. The van der Waals surface area contributed by atoms with Gasteiger partial charge in [0, 0.05) is 13.1 Å². The molecule has 14 heavy (non-hydrogen) atoms. The Hall–Kier alpha value is -0.590. The zero-order valence-electron chi connectivity index (χ0n) is 9.42. The molecule has 0 radical (unpaired) electrons. The Balaban J connectivity index is 2.28. The summed E-state index contributed by atoms with van der Waals surface area (Å²) in [5.41, 5.74) is -0.193. The molecule has 0 spiro atoms. The molecule has 1 atom stereocenters. The van der Waals surface area contributed by atoms with Crippen molar-refractivity contribution in [3.63, 3.8) is 0 Å². The first-order valence-electron chi connectivity index (χ1n) is 5.29. The summed E-state index contributed by atoms with van der Waals surface area (Å²) in [5.74, 6) is 0. The molecule has 1 rings (SSSR count). The molecule has 1 fully saturated rings. The van der Waals surface area contributed by atoms with Crippen LogP contribution in [0.15, 0.2) is 0 Å². The highest BCUT2D eigenvalue weighted by atomic mass is 16.5. The monoisotopic (exact) mass is 196 g/mol. The molecule has 0 saturated carbocycles. The number of ether oxygens (including phenoxy) is 1. The van der Waals surface area contributed by atoms with Gasteiger partial charge in [-0.25, -0.2) is 0 Å². The van der Waals surface area contributed by atoms with Crippen molar-refractivity contribution < 1.29 is 4.74 Å². The second kappa shape index (κ2) is 4.77. The molecule has 3 heteroatoms. The van der Waals surface area contributed by atoms with Crippen LogP contribution in [-0.4, -0.2) is 37.2 Å². The Morgan fingerprint density at radius 3 is 2.86 bits per heavy atom. The van der Waals surface area contributed by atoms with Crippen LogP contribution in [0.4, 0.5) is 0 Å². The molecule has 0 bridgehead atoms. The average molecular weight is 196 g/mol. The molecule has 0 N–H and O–H groups in total. The van der Waals surface area contributed by atoms with E-state index >= 15 is 0 Å². The van der Waals surface area contributed by atoms with Gasteiger partial charge in [-0.15, -0.1) is 0 Å². The van der Waals surface area contributed by atoms with E-state index in [9.17, 15) is 0 Å². The fourth-order valence-corrected chi connectivity index (χ4v) is 1.59. The maximum Gasteiger partial charge on any atom is 0.0684 e. The lowest BCUT2D eigenvalue weighted by molar-refractivity contribution is -0.0202. The quantitative estimate of drug-likeness (QED) is 0.688. The van der Waals surface area contributed by atoms with Crippen molar-refractivity contribution in [2.45, 2.75) is 33.3 Å². The van der Waals surface area contributed by atoms with Crippen molar-refractivity contribution in [3.8, 4) is 6.07 Å². The third-order valence-corrected chi connectivity index (χ3v) is 2.68. The van der Waals surface area contributed by atoms with Crippen LogP contribution in [0.1, 0.15) is 27.2 Å². The molecule has 1 heterocycles. The fraction of sp³-hybridized carbons (Fsp3) is 0.909. The molecule has 1 saturated heterocycles. The Bertz CT molecular complexity index is 220. The van der Waals surface area contributed by atoms with Crippen molar-refractivity contribution >= 4 is 0 Å².